The van der Waals surface area contributed by atoms with Crippen molar-refractivity contribution in [2.75, 3.05) is 0 Å². The molecule has 0 bridgehead atoms. The Balaban J connectivity index is 1.04. The number of rotatable bonds is 10. The smallest absolute Gasteiger partial charge is 0.0178 e. The Hall–Kier alpha value is -3.56. The van der Waals surface area contributed by atoms with Gasteiger partial charge in [-0.3, -0.25) is 0 Å². The molecule has 11 rings (SSSR count). The van der Waals surface area contributed by atoms with Crippen LogP contribution in [0.4, 0.5) is 0 Å². The molecule has 0 N–H and O–H groups in total. The van der Waals surface area contributed by atoms with E-state index >= 15 is 0 Å². The normalized spacial score (nSPS) is 18.0. The lowest BCUT2D eigenvalue weighted by Crippen LogP contribution is -2.21. The van der Waals surface area contributed by atoms with Crippen LogP contribution in [0.15, 0.2) is 166 Å². The van der Waals surface area contributed by atoms with Gasteiger partial charge in [0.25, 0.3) is 0 Å². The zero-order valence-electron chi connectivity index (χ0n) is 34.8. The van der Waals surface area contributed by atoms with Crippen LogP contribution in [0.5, 0.6) is 0 Å². The van der Waals surface area contributed by atoms with E-state index in [1.54, 1.807) is 0 Å². The Morgan fingerprint density at radius 2 is 0.935 bits per heavy atom. The van der Waals surface area contributed by atoms with Crippen LogP contribution in [0.2, 0.25) is 0 Å². The summed E-state index contributed by atoms with van der Waals surface area (Å²) in [6.07, 6.45) is 9.48. The Labute approximate surface area is 410 Å². The highest BCUT2D eigenvalue weighted by Crippen LogP contribution is 2.58. The fraction of sp³-hybridized carbons (Fsp3) is 0.207. The van der Waals surface area contributed by atoms with Crippen molar-refractivity contribution in [2.24, 2.45) is 11.8 Å². The summed E-state index contributed by atoms with van der Waals surface area (Å²) in [5.74, 6) is 2.22. The Bertz CT molecular complexity index is 2870. The third-order valence-corrected chi connectivity index (χ3v) is 17.1. The van der Waals surface area contributed by atoms with Crippen LogP contribution in [0.1, 0.15) is 108 Å². The number of halogens is 4. The molecular formula is C58H46Br2I2. The molecule has 4 atom stereocenters. The van der Waals surface area contributed by atoms with Gasteiger partial charge in [-0.2, -0.15) is 0 Å². The molecule has 0 saturated carbocycles. The quantitative estimate of drug-likeness (QED) is 0.120. The zero-order valence-corrected chi connectivity index (χ0v) is 42.3. The fourth-order valence-electron chi connectivity index (χ4n) is 12.0. The van der Waals surface area contributed by atoms with Crippen LogP contribution in [-0.4, -0.2) is 0 Å². The molecule has 0 heterocycles. The van der Waals surface area contributed by atoms with Crippen molar-refractivity contribution in [1.29, 1.82) is 0 Å². The number of allylic oxidation sites excluding steroid dienone is 2. The van der Waals surface area contributed by atoms with E-state index < -0.39 is 0 Å². The first-order valence-corrected chi connectivity index (χ1v) is 25.8. The second-order valence-electron chi connectivity index (χ2n) is 18.1. The fourth-order valence-corrected chi connectivity index (χ4v) is 13.8. The lowest BCUT2D eigenvalue weighted by atomic mass is 9.70. The molecule has 4 aliphatic carbocycles. The molecule has 0 fully saturated rings. The van der Waals surface area contributed by atoms with Gasteiger partial charge in [0.15, 0.2) is 0 Å². The molecule has 0 aromatic heterocycles. The molecular weight excluding hydrogens is 1110 g/mol. The molecule has 7 aromatic carbocycles. The van der Waals surface area contributed by atoms with Crippen molar-refractivity contribution in [3.05, 3.63) is 217 Å². The minimum Gasteiger partial charge on any atom is -0.0652 e. The van der Waals surface area contributed by atoms with E-state index in [1.807, 2.05) is 0 Å². The Morgan fingerprint density at radius 1 is 0.452 bits per heavy atom. The maximum absolute atomic E-state index is 3.94. The number of hydrogen-bond donors (Lipinski definition) is 0. The minimum absolute atomic E-state index is 0.281. The van der Waals surface area contributed by atoms with Gasteiger partial charge >= 0.3 is 0 Å². The van der Waals surface area contributed by atoms with Crippen molar-refractivity contribution >= 4 is 89.2 Å². The van der Waals surface area contributed by atoms with Gasteiger partial charge in [-0.05, 0) is 223 Å². The van der Waals surface area contributed by atoms with Gasteiger partial charge in [0, 0.05) is 39.8 Å². The van der Waals surface area contributed by atoms with Crippen LogP contribution < -0.4 is 0 Å². The first-order chi connectivity index (χ1) is 30.2. The Kier molecular flexibility index (Phi) is 11.1. The van der Waals surface area contributed by atoms with E-state index in [0.29, 0.717) is 29.6 Å². The predicted molar refractivity (Wildman–Crippen MR) is 285 cm³/mol. The summed E-state index contributed by atoms with van der Waals surface area (Å²) >= 11 is 13.0. The largest absolute Gasteiger partial charge is 0.0652 e. The van der Waals surface area contributed by atoms with Crippen LogP contribution in [0, 0.1) is 19.0 Å². The molecule has 0 nitrogen and oxygen atoms in total. The van der Waals surface area contributed by atoms with Gasteiger partial charge in [0.05, 0.1) is 0 Å². The Morgan fingerprint density at radius 3 is 1.53 bits per heavy atom. The van der Waals surface area contributed by atoms with Crippen molar-refractivity contribution in [2.45, 2.75) is 63.2 Å². The van der Waals surface area contributed by atoms with Crippen LogP contribution >= 0.6 is 77.0 Å². The topological polar surface area (TPSA) is 0 Å². The van der Waals surface area contributed by atoms with Crippen molar-refractivity contribution < 1.29 is 0 Å². The standard InChI is InChI=1S/C58H46Br2I2/c1-33-25-36-11-6-7-12-44(36)50(33)27-37(58-55-31-41(61)19-23-48(55)49-24-20-42(62)32-56(49)58)15-16-38(57-53-29-39(59)17-21-46(53)47-22-18-40(60)30-54(47)57)28-51-34(2)26-52-43(13-8-14-45(51)52)35-9-4-3-5-10-35/h3-14,17-26,29-32,37-38,50-51,57-58H,15-16,27-28H2,1-2H3. The highest BCUT2D eigenvalue weighted by Gasteiger charge is 2.41. The van der Waals surface area contributed by atoms with E-state index in [1.165, 1.54) is 96.2 Å². The van der Waals surface area contributed by atoms with Crippen molar-refractivity contribution in [3.63, 3.8) is 0 Å². The van der Waals surface area contributed by atoms with Crippen molar-refractivity contribution in [3.8, 4) is 33.4 Å². The van der Waals surface area contributed by atoms with Crippen LogP contribution in [0.3, 0.4) is 0 Å². The highest BCUT2D eigenvalue weighted by atomic mass is 127. The third kappa shape index (κ3) is 7.27. The summed E-state index contributed by atoms with van der Waals surface area (Å²) < 4.78 is 4.95. The van der Waals surface area contributed by atoms with E-state index in [2.05, 4.69) is 249 Å². The maximum atomic E-state index is 3.94. The van der Waals surface area contributed by atoms with Gasteiger partial charge in [-0.25, -0.2) is 0 Å². The first kappa shape index (κ1) is 41.2. The number of fused-ring (bicyclic) bond motifs is 8. The lowest BCUT2D eigenvalue weighted by molar-refractivity contribution is 0.309. The molecule has 4 unspecified atom stereocenters. The summed E-state index contributed by atoms with van der Waals surface area (Å²) in [7, 11) is 0. The van der Waals surface area contributed by atoms with Gasteiger partial charge in [-0.15, -0.1) is 0 Å². The van der Waals surface area contributed by atoms with Crippen LogP contribution in [0.25, 0.3) is 45.5 Å². The summed E-state index contributed by atoms with van der Waals surface area (Å²) in [4.78, 5) is 0. The molecule has 0 amide bonds. The molecule has 4 heteroatoms. The maximum Gasteiger partial charge on any atom is 0.0178 e. The predicted octanol–water partition coefficient (Wildman–Crippen LogP) is 18.2. The van der Waals surface area contributed by atoms with Gasteiger partial charge in [0.2, 0.25) is 0 Å². The zero-order chi connectivity index (χ0) is 42.2. The van der Waals surface area contributed by atoms with Crippen LogP contribution in [-0.2, 0) is 0 Å². The van der Waals surface area contributed by atoms with Gasteiger partial charge < -0.3 is 0 Å². The molecule has 7 aromatic rings. The van der Waals surface area contributed by atoms with Crippen molar-refractivity contribution in [1.82, 2.24) is 0 Å². The SMILES string of the molecule is CC1=Cc2ccccc2C1CC(CCC(CC1C(C)=Cc2c(-c3ccccc3)cccc21)C1c2cc(Br)ccc2-c2ccc(Br)cc21)C1c2cc(I)ccc2-c2ccc(I)cc21. The molecule has 4 aliphatic rings. The van der Waals surface area contributed by atoms with E-state index in [9.17, 15) is 0 Å². The molecule has 0 spiro atoms. The van der Waals surface area contributed by atoms with E-state index in [4.69, 9.17) is 0 Å². The monoisotopic (exact) mass is 1150 g/mol. The second kappa shape index (κ2) is 16.8. The molecule has 62 heavy (non-hydrogen) atoms. The summed E-state index contributed by atoms with van der Waals surface area (Å²) in [5.41, 5.74) is 23.0. The molecule has 0 aliphatic heterocycles. The minimum atomic E-state index is 0.281. The average molecular weight is 1160 g/mol. The molecule has 306 valence electrons. The third-order valence-electron chi connectivity index (χ3n) is 14.7. The average Bonchev–Trinajstić information content (AvgIpc) is 3.97. The summed E-state index contributed by atoms with van der Waals surface area (Å²) in [6, 6.07) is 55.7. The van der Waals surface area contributed by atoms with Gasteiger partial charge in [-0.1, -0.05) is 152 Å². The van der Waals surface area contributed by atoms with E-state index in [0.717, 1.165) is 34.6 Å². The number of benzene rings is 7. The summed E-state index contributed by atoms with van der Waals surface area (Å²) in [5, 5.41) is 0. The molecule has 0 radical (unpaired) electrons. The first-order valence-electron chi connectivity index (χ1n) is 22.0. The summed E-state index contributed by atoms with van der Waals surface area (Å²) in [6.45, 7) is 4.77. The highest BCUT2D eigenvalue weighted by molar-refractivity contribution is 14.1. The number of hydrogen-bond acceptors (Lipinski definition) is 0. The van der Waals surface area contributed by atoms with E-state index in [-0.39, 0.29) is 5.92 Å². The second-order valence-corrected chi connectivity index (χ2v) is 22.5. The molecule has 0 saturated heterocycles. The van der Waals surface area contributed by atoms with Gasteiger partial charge in [0.1, 0.15) is 0 Å². The lowest BCUT2D eigenvalue weighted by Gasteiger charge is -2.34.